The van der Waals surface area contributed by atoms with Gasteiger partial charge >= 0.3 is 6.01 Å². The largest absolute Gasteiger partial charge is 0.408 e. The monoisotopic (exact) mass is 384 g/mol. The van der Waals surface area contributed by atoms with Gasteiger partial charge in [0, 0.05) is 19.0 Å². The second kappa shape index (κ2) is 6.57. The molecule has 1 spiro atoms. The number of anilines is 1. The van der Waals surface area contributed by atoms with Crippen LogP contribution in [0, 0.1) is 11.2 Å². The van der Waals surface area contributed by atoms with Crippen molar-refractivity contribution in [1.82, 2.24) is 15.1 Å². The number of rotatable bonds is 5. The Kier molecular flexibility index (Phi) is 4.14. The Morgan fingerprint density at radius 3 is 2.75 bits per heavy atom. The van der Waals surface area contributed by atoms with Gasteiger partial charge in [0.15, 0.2) is 0 Å². The molecule has 6 nitrogen and oxygen atoms in total. The van der Waals surface area contributed by atoms with Crippen molar-refractivity contribution in [3.63, 3.8) is 0 Å². The molecule has 2 aromatic rings. The molecule has 3 fully saturated rings. The maximum absolute atomic E-state index is 13.4. The Hall–Kier alpha value is -2.44. The van der Waals surface area contributed by atoms with Crippen LogP contribution in [-0.4, -0.2) is 40.1 Å². The summed E-state index contributed by atoms with van der Waals surface area (Å²) in [6, 6.07) is 6.52. The molecule has 0 radical (unpaired) electrons. The van der Waals surface area contributed by atoms with E-state index in [-0.39, 0.29) is 29.6 Å². The second-order valence-corrected chi connectivity index (χ2v) is 8.64. The molecule has 1 N–H and O–H groups in total. The molecule has 1 saturated heterocycles. The zero-order valence-electron chi connectivity index (χ0n) is 16.0. The number of hydrogen-bond acceptors (Lipinski definition) is 5. The van der Waals surface area contributed by atoms with Gasteiger partial charge in [0.05, 0.1) is 0 Å². The van der Waals surface area contributed by atoms with Crippen LogP contribution in [0.3, 0.4) is 0 Å². The predicted molar refractivity (Wildman–Crippen MR) is 101 cm³/mol. The van der Waals surface area contributed by atoms with Crippen molar-refractivity contribution in [2.24, 2.45) is 5.41 Å². The lowest BCUT2D eigenvalue weighted by Crippen LogP contribution is -2.45. The number of carbonyl (C=O) groups excluding carboxylic acids is 1. The van der Waals surface area contributed by atoms with Crippen molar-refractivity contribution in [2.45, 2.75) is 56.9 Å². The summed E-state index contributed by atoms with van der Waals surface area (Å²) in [5, 5.41) is 11.2. The molecule has 1 unspecified atom stereocenters. The van der Waals surface area contributed by atoms with E-state index in [0.717, 1.165) is 37.9 Å². The van der Waals surface area contributed by atoms with Crippen LogP contribution in [0.4, 0.5) is 10.4 Å². The fraction of sp³-hybridized carbons (Fsp3) is 0.571. The Labute approximate surface area is 163 Å². The van der Waals surface area contributed by atoms with Crippen LogP contribution in [0.5, 0.6) is 0 Å². The average molecular weight is 384 g/mol. The summed E-state index contributed by atoms with van der Waals surface area (Å²) in [6.45, 7) is 3.52. The van der Waals surface area contributed by atoms with Crippen LogP contribution in [0.25, 0.3) is 0 Å². The molecular weight excluding hydrogens is 359 g/mol. The van der Waals surface area contributed by atoms with Gasteiger partial charge in [-0.25, -0.2) is 4.39 Å². The van der Waals surface area contributed by atoms with Gasteiger partial charge in [-0.05, 0) is 68.1 Å². The molecule has 3 atom stereocenters. The van der Waals surface area contributed by atoms with Gasteiger partial charge in [0.1, 0.15) is 11.9 Å². The Morgan fingerprint density at radius 2 is 2.04 bits per heavy atom. The van der Waals surface area contributed by atoms with E-state index in [1.165, 1.54) is 18.9 Å². The van der Waals surface area contributed by atoms with Crippen LogP contribution in [0.2, 0.25) is 0 Å². The van der Waals surface area contributed by atoms with Gasteiger partial charge in [-0.15, -0.1) is 5.10 Å². The minimum atomic E-state index is -0.403. The number of piperidine rings is 1. The van der Waals surface area contributed by atoms with Gasteiger partial charge in [0.2, 0.25) is 11.8 Å². The number of carbonyl (C=O) groups is 1. The number of aromatic nitrogens is 2. The highest BCUT2D eigenvalue weighted by Gasteiger charge is 2.46. The third-order valence-electron chi connectivity index (χ3n) is 6.63. The highest BCUT2D eigenvalue weighted by molar-refractivity contribution is 5.83. The SMILES string of the molecule is C[C@@H](Nc1nnc(C2C[C@@H]2c2cccc(F)c2)o1)C(=O)N1CCC2(CC1)CC2. The van der Waals surface area contributed by atoms with E-state index in [4.69, 9.17) is 4.42 Å². The smallest absolute Gasteiger partial charge is 0.316 e. The van der Waals surface area contributed by atoms with Crippen LogP contribution >= 0.6 is 0 Å². The summed E-state index contributed by atoms with van der Waals surface area (Å²) in [5.74, 6) is 0.733. The standard InChI is InChI=1S/C21H25FN4O2/c1-13(19(27)26-9-7-21(5-6-21)8-10-26)23-20-25-24-18(28-20)17-12-16(17)14-3-2-4-15(22)11-14/h2-4,11,13,16-17H,5-10,12H2,1H3,(H,23,25)/t13-,16-,17?/m1/s1. The van der Waals surface area contributed by atoms with Gasteiger partial charge in [0.25, 0.3) is 0 Å². The number of amides is 1. The normalized spacial score (nSPS) is 26.1. The lowest BCUT2D eigenvalue weighted by atomic mass is 9.93. The minimum absolute atomic E-state index is 0.0827. The fourth-order valence-corrected chi connectivity index (χ4v) is 4.42. The summed E-state index contributed by atoms with van der Waals surface area (Å²) >= 11 is 0. The first kappa shape index (κ1) is 17.6. The molecule has 5 rings (SSSR count). The molecule has 148 valence electrons. The molecule has 3 aliphatic rings. The van der Waals surface area contributed by atoms with Gasteiger partial charge in [-0.1, -0.05) is 17.2 Å². The molecule has 1 aromatic heterocycles. The van der Waals surface area contributed by atoms with Crippen LogP contribution < -0.4 is 5.32 Å². The maximum Gasteiger partial charge on any atom is 0.316 e. The molecule has 7 heteroatoms. The molecular formula is C21H25FN4O2. The third-order valence-corrected chi connectivity index (χ3v) is 6.63. The van der Waals surface area contributed by atoms with E-state index in [0.29, 0.717) is 11.3 Å². The predicted octanol–water partition coefficient (Wildman–Crippen LogP) is 3.68. The van der Waals surface area contributed by atoms with Crippen molar-refractivity contribution in [2.75, 3.05) is 18.4 Å². The second-order valence-electron chi connectivity index (χ2n) is 8.64. The fourth-order valence-electron chi connectivity index (χ4n) is 4.42. The molecule has 1 aliphatic heterocycles. The van der Waals surface area contributed by atoms with E-state index in [1.54, 1.807) is 12.1 Å². The van der Waals surface area contributed by atoms with Crippen molar-refractivity contribution < 1.29 is 13.6 Å². The van der Waals surface area contributed by atoms with E-state index in [2.05, 4.69) is 15.5 Å². The van der Waals surface area contributed by atoms with Gasteiger partial charge in [-0.3, -0.25) is 4.79 Å². The summed E-state index contributed by atoms with van der Waals surface area (Å²) < 4.78 is 19.2. The highest BCUT2D eigenvalue weighted by atomic mass is 19.1. The van der Waals surface area contributed by atoms with Crippen LogP contribution in [-0.2, 0) is 4.79 Å². The number of likely N-dealkylation sites (tertiary alicyclic amines) is 1. The van der Waals surface area contributed by atoms with Crippen LogP contribution in [0.15, 0.2) is 28.7 Å². The zero-order valence-corrected chi connectivity index (χ0v) is 16.0. The van der Waals surface area contributed by atoms with Gasteiger partial charge < -0.3 is 14.6 Å². The minimum Gasteiger partial charge on any atom is -0.408 e. The highest BCUT2D eigenvalue weighted by Crippen LogP contribution is 2.54. The molecule has 2 heterocycles. The molecule has 2 aliphatic carbocycles. The Morgan fingerprint density at radius 1 is 1.25 bits per heavy atom. The van der Waals surface area contributed by atoms with E-state index in [1.807, 2.05) is 17.9 Å². The molecule has 1 aromatic carbocycles. The summed E-state index contributed by atoms with van der Waals surface area (Å²) in [7, 11) is 0. The number of hydrogen-bond donors (Lipinski definition) is 1. The average Bonchev–Trinajstić information content (AvgIpc) is 3.61. The zero-order chi connectivity index (χ0) is 19.3. The van der Waals surface area contributed by atoms with E-state index < -0.39 is 6.04 Å². The molecule has 1 amide bonds. The summed E-state index contributed by atoms with van der Waals surface area (Å²) in [6.07, 6.45) is 5.77. The third kappa shape index (κ3) is 3.38. The van der Waals surface area contributed by atoms with Crippen molar-refractivity contribution in [1.29, 1.82) is 0 Å². The van der Waals surface area contributed by atoms with Crippen LogP contribution in [0.1, 0.15) is 62.3 Å². The number of nitrogens with zero attached hydrogens (tertiary/aromatic N) is 3. The first-order valence-corrected chi connectivity index (χ1v) is 10.2. The Bertz CT molecular complexity index is 884. The van der Waals surface area contributed by atoms with Crippen molar-refractivity contribution >= 4 is 11.9 Å². The lowest BCUT2D eigenvalue weighted by molar-refractivity contribution is -0.133. The van der Waals surface area contributed by atoms with E-state index >= 15 is 0 Å². The quantitative estimate of drug-likeness (QED) is 0.851. The molecule has 0 bridgehead atoms. The first-order valence-electron chi connectivity index (χ1n) is 10.2. The molecule has 28 heavy (non-hydrogen) atoms. The lowest BCUT2D eigenvalue weighted by Gasteiger charge is -2.33. The number of benzene rings is 1. The Balaban J connectivity index is 1.17. The van der Waals surface area contributed by atoms with Crippen molar-refractivity contribution in [3.05, 3.63) is 41.5 Å². The maximum atomic E-state index is 13.4. The van der Waals surface area contributed by atoms with Gasteiger partial charge in [-0.2, -0.15) is 0 Å². The van der Waals surface area contributed by atoms with Crippen molar-refractivity contribution in [3.8, 4) is 0 Å². The molecule has 2 saturated carbocycles. The van der Waals surface area contributed by atoms with E-state index in [9.17, 15) is 9.18 Å². The summed E-state index contributed by atoms with van der Waals surface area (Å²) in [4.78, 5) is 14.6. The number of halogens is 1. The number of nitrogens with one attached hydrogen (secondary N) is 1. The first-order chi connectivity index (χ1) is 13.5. The summed E-state index contributed by atoms with van der Waals surface area (Å²) in [5.41, 5.74) is 1.51. The topological polar surface area (TPSA) is 71.3 Å².